The second kappa shape index (κ2) is 8.73. The van der Waals surface area contributed by atoms with Crippen molar-refractivity contribution in [3.05, 3.63) is 34.4 Å². The minimum atomic E-state index is -0.672. The van der Waals surface area contributed by atoms with Gasteiger partial charge >= 0.3 is 5.91 Å². The molecule has 0 aromatic heterocycles. The lowest BCUT2D eigenvalue weighted by atomic mass is 9.92. The molecule has 0 saturated carbocycles. The van der Waals surface area contributed by atoms with Crippen LogP contribution in [0.1, 0.15) is 47.8 Å². The Morgan fingerprint density at radius 2 is 1.73 bits per heavy atom. The standard InChI is InChI=1S/C17H24N2O2S/c1-6-13-8-11(3)9-14(7-2)15(13)16(20)17(21)19-18-12(4)10-22-5/h8-9H,6-7,10H2,1-5H3,(H,19,21). The van der Waals surface area contributed by atoms with Crippen LogP contribution in [0, 0.1) is 6.92 Å². The van der Waals surface area contributed by atoms with Crippen LogP contribution in [0.15, 0.2) is 17.2 Å². The van der Waals surface area contributed by atoms with Crippen molar-refractivity contribution in [2.45, 2.75) is 40.5 Å². The van der Waals surface area contributed by atoms with E-state index >= 15 is 0 Å². The summed E-state index contributed by atoms with van der Waals surface area (Å²) in [6, 6.07) is 3.95. The number of thioether (sulfide) groups is 1. The molecule has 0 aliphatic rings. The number of nitrogens with zero attached hydrogens (tertiary/aromatic N) is 1. The Balaban J connectivity index is 3.07. The van der Waals surface area contributed by atoms with Crippen LogP contribution in [0.5, 0.6) is 0 Å². The molecule has 0 bridgehead atoms. The van der Waals surface area contributed by atoms with Crippen molar-refractivity contribution in [1.82, 2.24) is 5.43 Å². The van der Waals surface area contributed by atoms with Crippen molar-refractivity contribution in [3.63, 3.8) is 0 Å². The zero-order chi connectivity index (χ0) is 16.7. The van der Waals surface area contributed by atoms with Crippen LogP contribution in [0.3, 0.4) is 0 Å². The molecule has 22 heavy (non-hydrogen) atoms. The number of ketones is 1. The maximum absolute atomic E-state index is 12.5. The molecule has 0 atom stereocenters. The monoisotopic (exact) mass is 320 g/mol. The summed E-state index contributed by atoms with van der Waals surface area (Å²) in [5, 5.41) is 3.96. The van der Waals surface area contributed by atoms with Crippen LogP contribution in [0.25, 0.3) is 0 Å². The summed E-state index contributed by atoms with van der Waals surface area (Å²) >= 11 is 1.61. The fraction of sp³-hybridized carbons (Fsp3) is 0.471. The normalized spacial score (nSPS) is 11.4. The van der Waals surface area contributed by atoms with Gasteiger partial charge in [-0.15, -0.1) is 0 Å². The third-order valence-electron chi connectivity index (χ3n) is 3.34. The summed E-state index contributed by atoms with van der Waals surface area (Å²) in [5.41, 5.74) is 6.63. The molecule has 120 valence electrons. The highest BCUT2D eigenvalue weighted by Gasteiger charge is 2.22. The number of nitrogens with one attached hydrogen (secondary N) is 1. The molecule has 0 saturated heterocycles. The van der Waals surface area contributed by atoms with Crippen molar-refractivity contribution in [1.29, 1.82) is 0 Å². The van der Waals surface area contributed by atoms with Crippen molar-refractivity contribution in [3.8, 4) is 0 Å². The summed E-state index contributed by atoms with van der Waals surface area (Å²) in [6.07, 6.45) is 3.40. The molecule has 0 radical (unpaired) electrons. The van der Waals surface area contributed by atoms with Gasteiger partial charge in [-0.05, 0) is 44.1 Å². The van der Waals surface area contributed by atoms with Gasteiger partial charge in [0.2, 0.25) is 0 Å². The van der Waals surface area contributed by atoms with E-state index in [0.29, 0.717) is 5.56 Å². The molecule has 1 N–H and O–H groups in total. The molecule has 1 aromatic carbocycles. The molecule has 0 spiro atoms. The van der Waals surface area contributed by atoms with E-state index in [1.54, 1.807) is 11.8 Å². The molecular weight excluding hydrogens is 296 g/mol. The first-order valence-corrected chi connectivity index (χ1v) is 8.83. The lowest BCUT2D eigenvalue weighted by Gasteiger charge is -2.13. The first kappa shape index (κ1) is 18.4. The average molecular weight is 320 g/mol. The number of Topliss-reactive ketones (excluding diaryl/α,β-unsaturated/α-hetero) is 1. The van der Waals surface area contributed by atoms with Crippen LogP contribution in [0.4, 0.5) is 0 Å². The highest BCUT2D eigenvalue weighted by molar-refractivity contribution is 7.99. The van der Waals surface area contributed by atoms with Crippen LogP contribution in [-0.2, 0) is 17.6 Å². The molecule has 0 heterocycles. The third-order valence-corrected chi connectivity index (χ3v) is 4.05. The van der Waals surface area contributed by atoms with Gasteiger partial charge in [0.1, 0.15) is 0 Å². The van der Waals surface area contributed by atoms with Gasteiger partial charge in [0.15, 0.2) is 0 Å². The molecule has 5 heteroatoms. The number of hydrogen-bond acceptors (Lipinski definition) is 4. The second-order valence-corrected chi connectivity index (χ2v) is 6.08. The van der Waals surface area contributed by atoms with Crippen LogP contribution in [-0.4, -0.2) is 29.4 Å². The molecule has 1 amide bonds. The van der Waals surface area contributed by atoms with Crippen LogP contribution in [0.2, 0.25) is 0 Å². The van der Waals surface area contributed by atoms with E-state index in [2.05, 4.69) is 10.5 Å². The minimum absolute atomic E-state index is 0.505. The highest BCUT2D eigenvalue weighted by Crippen LogP contribution is 2.20. The topological polar surface area (TPSA) is 58.5 Å². The number of aryl methyl sites for hydroxylation is 3. The van der Waals surface area contributed by atoms with Gasteiger partial charge in [-0.1, -0.05) is 31.5 Å². The van der Waals surface area contributed by atoms with E-state index in [4.69, 9.17) is 0 Å². The molecule has 4 nitrogen and oxygen atoms in total. The first-order chi connectivity index (χ1) is 10.4. The molecule has 1 rings (SSSR count). The quantitative estimate of drug-likeness (QED) is 0.363. The Bertz CT molecular complexity index is 569. The Hall–Kier alpha value is -1.62. The fourth-order valence-electron chi connectivity index (χ4n) is 2.34. The average Bonchev–Trinajstić information content (AvgIpc) is 2.51. The molecule has 1 aromatic rings. The summed E-state index contributed by atoms with van der Waals surface area (Å²) < 4.78 is 0. The minimum Gasteiger partial charge on any atom is -0.283 e. The van der Waals surface area contributed by atoms with Crippen molar-refractivity contribution >= 4 is 29.2 Å². The lowest BCUT2D eigenvalue weighted by molar-refractivity contribution is -0.117. The van der Waals surface area contributed by atoms with E-state index in [1.807, 2.05) is 46.1 Å². The van der Waals surface area contributed by atoms with Gasteiger partial charge in [0, 0.05) is 17.0 Å². The maximum atomic E-state index is 12.5. The van der Waals surface area contributed by atoms with Gasteiger partial charge in [-0.25, -0.2) is 5.43 Å². The first-order valence-electron chi connectivity index (χ1n) is 7.43. The van der Waals surface area contributed by atoms with E-state index < -0.39 is 11.7 Å². The van der Waals surface area contributed by atoms with E-state index in [9.17, 15) is 9.59 Å². The molecular formula is C17H24N2O2S. The number of rotatable bonds is 7. The Kier molecular flexibility index (Phi) is 7.32. The smallest absolute Gasteiger partial charge is 0.283 e. The Morgan fingerprint density at radius 1 is 1.18 bits per heavy atom. The van der Waals surface area contributed by atoms with Crippen molar-refractivity contribution in [2.75, 3.05) is 12.0 Å². The largest absolute Gasteiger partial charge is 0.312 e. The zero-order valence-corrected chi connectivity index (χ0v) is 14.8. The van der Waals surface area contributed by atoms with Crippen molar-refractivity contribution < 1.29 is 9.59 Å². The number of hydrogen-bond donors (Lipinski definition) is 1. The van der Waals surface area contributed by atoms with Gasteiger partial charge in [-0.2, -0.15) is 16.9 Å². The molecule has 0 unspecified atom stereocenters. The van der Waals surface area contributed by atoms with Gasteiger partial charge in [-0.3, -0.25) is 9.59 Å². The third kappa shape index (κ3) is 4.70. The van der Waals surface area contributed by atoms with E-state index in [1.165, 1.54) is 0 Å². The maximum Gasteiger partial charge on any atom is 0.312 e. The van der Waals surface area contributed by atoms with Crippen LogP contribution < -0.4 is 5.43 Å². The number of benzene rings is 1. The fourth-order valence-corrected chi connectivity index (χ4v) is 2.83. The molecule has 0 fully saturated rings. The second-order valence-electron chi connectivity index (χ2n) is 5.22. The summed E-state index contributed by atoms with van der Waals surface area (Å²) in [7, 11) is 0. The zero-order valence-electron chi connectivity index (χ0n) is 13.9. The van der Waals surface area contributed by atoms with E-state index in [-0.39, 0.29) is 0 Å². The van der Waals surface area contributed by atoms with Gasteiger partial charge in [0.05, 0.1) is 0 Å². The Labute approximate surface area is 136 Å². The predicted octanol–water partition coefficient (Wildman–Crippen LogP) is 3.16. The SMILES string of the molecule is CCc1cc(C)cc(CC)c1C(=O)C(=O)NN=C(C)CSC. The van der Waals surface area contributed by atoms with Crippen LogP contribution >= 0.6 is 11.8 Å². The molecule has 0 aliphatic heterocycles. The number of hydrazone groups is 1. The summed E-state index contributed by atoms with van der Waals surface area (Å²) in [4.78, 5) is 24.6. The van der Waals surface area contributed by atoms with Crippen molar-refractivity contribution in [2.24, 2.45) is 5.10 Å². The summed E-state index contributed by atoms with van der Waals surface area (Å²) in [5.74, 6) is -0.456. The molecule has 0 aliphatic carbocycles. The number of carbonyl (C=O) groups is 2. The van der Waals surface area contributed by atoms with Gasteiger partial charge < -0.3 is 0 Å². The predicted molar refractivity (Wildman–Crippen MR) is 93.9 cm³/mol. The summed E-state index contributed by atoms with van der Waals surface area (Å²) in [6.45, 7) is 7.80. The number of amides is 1. The van der Waals surface area contributed by atoms with Gasteiger partial charge in [0.25, 0.3) is 5.78 Å². The highest BCUT2D eigenvalue weighted by atomic mass is 32.2. The number of carbonyl (C=O) groups excluding carboxylic acids is 2. The van der Waals surface area contributed by atoms with E-state index in [0.717, 1.165) is 41.0 Å². The Morgan fingerprint density at radius 3 is 2.18 bits per heavy atom. The lowest BCUT2D eigenvalue weighted by Crippen LogP contribution is -2.29.